The van der Waals surface area contributed by atoms with Crippen molar-refractivity contribution in [2.45, 2.75) is 38.6 Å². The maximum atomic E-state index is 13.6. The average Bonchev–Trinajstić information content (AvgIpc) is 3.08. The molecule has 5 heteroatoms. The highest BCUT2D eigenvalue weighted by Crippen LogP contribution is 2.60. The lowest BCUT2D eigenvalue weighted by Crippen LogP contribution is -2.36. The molecular formula is C19H26ClFN2O. The quantitative estimate of drug-likeness (QED) is 0.882. The molecule has 2 aliphatic heterocycles. The minimum Gasteiger partial charge on any atom is -0.335 e. The van der Waals surface area contributed by atoms with Gasteiger partial charge < -0.3 is 10.2 Å². The van der Waals surface area contributed by atoms with Crippen LogP contribution in [0, 0.1) is 23.1 Å². The van der Waals surface area contributed by atoms with Crippen molar-refractivity contribution in [1.82, 2.24) is 10.2 Å². The van der Waals surface area contributed by atoms with Gasteiger partial charge in [0.1, 0.15) is 5.82 Å². The Morgan fingerprint density at radius 1 is 1.33 bits per heavy atom. The van der Waals surface area contributed by atoms with E-state index in [4.69, 9.17) is 0 Å². The monoisotopic (exact) mass is 352 g/mol. The van der Waals surface area contributed by atoms with Crippen LogP contribution in [0.2, 0.25) is 0 Å². The molecule has 4 rings (SSSR count). The molecule has 3 atom stereocenters. The fourth-order valence-electron chi connectivity index (χ4n) is 4.69. The normalized spacial score (nSPS) is 30.9. The van der Waals surface area contributed by atoms with Crippen molar-refractivity contribution in [2.24, 2.45) is 17.3 Å². The van der Waals surface area contributed by atoms with Gasteiger partial charge in [-0.15, -0.1) is 12.4 Å². The zero-order valence-electron chi connectivity index (χ0n) is 14.1. The highest BCUT2D eigenvalue weighted by atomic mass is 35.5. The first-order valence-corrected chi connectivity index (χ1v) is 8.86. The number of piperidine rings is 1. The highest BCUT2D eigenvalue weighted by Gasteiger charge is 2.59. The first kappa shape index (κ1) is 17.7. The highest BCUT2D eigenvalue weighted by molar-refractivity contribution is 5.85. The SMILES string of the molecule is CC1CC(c2cccc(F)c2)N(C(=O)C2CC23CCNCC3)C1.Cl. The van der Waals surface area contributed by atoms with Crippen LogP contribution >= 0.6 is 12.4 Å². The van der Waals surface area contributed by atoms with Gasteiger partial charge in [0, 0.05) is 12.5 Å². The second-order valence-electron chi connectivity index (χ2n) is 7.77. The van der Waals surface area contributed by atoms with Crippen LogP contribution in [0.3, 0.4) is 0 Å². The second kappa shape index (κ2) is 6.64. The molecule has 1 aromatic rings. The Bertz CT molecular complexity index is 617. The molecule has 3 unspecified atom stereocenters. The largest absolute Gasteiger partial charge is 0.335 e. The van der Waals surface area contributed by atoms with E-state index in [1.54, 1.807) is 12.1 Å². The van der Waals surface area contributed by atoms with E-state index in [1.165, 1.54) is 6.07 Å². The van der Waals surface area contributed by atoms with E-state index in [0.717, 1.165) is 50.9 Å². The van der Waals surface area contributed by atoms with Crippen molar-refractivity contribution in [3.63, 3.8) is 0 Å². The number of hydrogen-bond acceptors (Lipinski definition) is 2. The topological polar surface area (TPSA) is 32.3 Å². The molecule has 1 N–H and O–H groups in total. The molecule has 0 aromatic heterocycles. The molecule has 2 saturated heterocycles. The number of rotatable bonds is 2. The summed E-state index contributed by atoms with van der Waals surface area (Å²) < 4.78 is 13.6. The third-order valence-electron chi connectivity index (χ3n) is 6.11. The summed E-state index contributed by atoms with van der Waals surface area (Å²) in [7, 11) is 0. The van der Waals surface area contributed by atoms with Crippen LogP contribution in [0.5, 0.6) is 0 Å². The fourth-order valence-corrected chi connectivity index (χ4v) is 4.69. The van der Waals surface area contributed by atoms with Crippen molar-refractivity contribution < 1.29 is 9.18 Å². The lowest BCUT2D eigenvalue weighted by molar-refractivity contribution is -0.134. The molecule has 24 heavy (non-hydrogen) atoms. The van der Waals surface area contributed by atoms with Gasteiger partial charge in [-0.2, -0.15) is 0 Å². The number of carbonyl (C=O) groups is 1. The first-order valence-electron chi connectivity index (χ1n) is 8.86. The number of amides is 1. The Morgan fingerprint density at radius 2 is 2.08 bits per heavy atom. The van der Waals surface area contributed by atoms with E-state index in [2.05, 4.69) is 12.2 Å². The number of halogens is 2. The summed E-state index contributed by atoms with van der Waals surface area (Å²) in [6, 6.07) is 6.82. The summed E-state index contributed by atoms with van der Waals surface area (Å²) >= 11 is 0. The van der Waals surface area contributed by atoms with Gasteiger partial charge in [0.2, 0.25) is 5.91 Å². The van der Waals surface area contributed by atoms with Gasteiger partial charge >= 0.3 is 0 Å². The molecule has 3 aliphatic rings. The van der Waals surface area contributed by atoms with Crippen molar-refractivity contribution in [2.75, 3.05) is 19.6 Å². The smallest absolute Gasteiger partial charge is 0.226 e. The van der Waals surface area contributed by atoms with E-state index in [1.807, 2.05) is 11.0 Å². The predicted octanol–water partition coefficient (Wildman–Crippen LogP) is 3.55. The number of nitrogens with one attached hydrogen (secondary N) is 1. The summed E-state index contributed by atoms with van der Waals surface area (Å²) in [5, 5.41) is 3.39. The number of benzene rings is 1. The van der Waals surface area contributed by atoms with Crippen LogP contribution in [-0.4, -0.2) is 30.4 Å². The zero-order chi connectivity index (χ0) is 16.0. The molecule has 3 fully saturated rings. The Labute approximate surface area is 149 Å². The lowest BCUT2D eigenvalue weighted by atomic mass is 9.91. The maximum Gasteiger partial charge on any atom is 0.226 e. The zero-order valence-corrected chi connectivity index (χ0v) is 14.9. The minimum atomic E-state index is -0.212. The second-order valence-corrected chi connectivity index (χ2v) is 7.77. The Balaban J connectivity index is 0.00000169. The van der Waals surface area contributed by atoms with E-state index in [0.29, 0.717) is 11.8 Å². The fraction of sp³-hybridized carbons (Fsp3) is 0.632. The molecule has 1 amide bonds. The summed E-state index contributed by atoms with van der Waals surface area (Å²) in [4.78, 5) is 15.1. The van der Waals surface area contributed by atoms with E-state index < -0.39 is 0 Å². The van der Waals surface area contributed by atoms with Crippen LogP contribution in [0.25, 0.3) is 0 Å². The Kier molecular flexibility index (Phi) is 4.89. The molecule has 1 spiro atoms. The molecule has 1 aromatic carbocycles. The van der Waals surface area contributed by atoms with Crippen LogP contribution in [-0.2, 0) is 4.79 Å². The van der Waals surface area contributed by atoms with Gasteiger partial charge in [0.25, 0.3) is 0 Å². The number of carbonyl (C=O) groups excluding carboxylic acids is 1. The number of likely N-dealkylation sites (tertiary alicyclic amines) is 1. The molecule has 132 valence electrons. The standard InChI is InChI=1S/C19H25FN2O.ClH/c1-13-9-17(14-3-2-4-15(20)10-14)22(12-13)18(23)16-11-19(16)5-7-21-8-6-19;/h2-4,10,13,16-17,21H,5-9,11-12H2,1H3;1H. The minimum absolute atomic E-state index is 0. The molecule has 1 saturated carbocycles. The Hall–Kier alpha value is -1.13. The number of hydrogen-bond donors (Lipinski definition) is 1. The predicted molar refractivity (Wildman–Crippen MR) is 94.5 cm³/mol. The summed E-state index contributed by atoms with van der Waals surface area (Å²) in [5.41, 5.74) is 1.21. The van der Waals surface area contributed by atoms with E-state index >= 15 is 0 Å². The van der Waals surface area contributed by atoms with Crippen molar-refractivity contribution in [1.29, 1.82) is 0 Å². The van der Waals surface area contributed by atoms with Crippen molar-refractivity contribution in [3.05, 3.63) is 35.6 Å². The van der Waals surface area contributed by atoms with Gasteiger partial charge in [-0.05, 0) is 67.8 Å². The molecule has 1 aliphatic carbocycles. The molecular weight excluding hydrogens is 327 g/mol. The van der Waals surface area contributed by atoms with E-state index in [9.17, 15) is 9.18 Å². The van der Waals surface area contributed by atoms with Gasteiger partial charge in [0.15, 0.2) is 0 Å². The van der Waals surface area contributed by atoms with Crippen LogP contribution < -0.4 is 5.32 Å². The van der Waals surface area contributed by atoms with Crippen LogP contribution in [0.1, 0.15) is 44.2 Å². The summed E-state index contributed by atoms with van der Waals surface area (Å²) in [5.74, 6) is 0.780. The third kappa shape index (κ3) is 3.06. The molecule has 0 bridgehead atoms. The molecule has 2 heterocycles. The molecule has 3 nitrogen and oxygen atoms in total. The van der Waals surface area contributed by atoms with Gasteiger partial charge in [-0.3, -0.25) is 4.79 Å². The van der Waals surface area contributed by atoms with Crippen LogP contribution in [0.4, 0.5) is 4.39 Å². The van der Waals surface area contributed by atoms with E-state index in [-0.39, 0.29) is 35.6 Å². The van der Waals surface area contributed by atoms with Gasteiger partial charge in [-0.25, -0.2) is 4.39 Å². The number of nitrogens with zero attached hydrogens (tertiary/aromatic N) is 1. The summed E-state index contributed by atoms with van der Waals surface area (Å²) in [6.45, 7) is 5.07. The summed E-state index contributed by atoms with van der Waals surface area (Å²) in [6.07, 6.45) is 4.24. The van der Waals surface area contributed by atoms with Gasteiger partial charge in [0.05, 0.1) is 6.04 Å². The maximum absolute atomic E-state index is 13.6. The molecule has 0 radical (unpaired) electrons. The van der Waals surface area contributed by atoms with Gasteiger partial charge in [-0.1, -0.05) is 19.1 Å². The van der Waals surface area contributed by atoms with Crippen molar-refractivity contribution in [3.8, 4) is 0 Å². The van der Waals surface area contributed by atoms with Crippen LogP contribution in [0.15, 0.2) is 24.3 Å². The average molecular weight is 353 g/mol. The first-order chi connectivity index (χ1) is 11.1. The Morgan fingerprint density at radius 3 is 2.79 bits per heavy atom. The van der Waals surface area contributed by atoms with Crippen molar-refractivity contribution >= 4 is 18.3 Å². The lowest BCUT2D eigenvalue weighted by Gasteiger charge is -2.28. The third-order valence-corrected chi connectivity index (χ3v) is 6.11.